The third-order valence-electron chi connectivity index (χ3n) is 3.80. The van der Waals surface area contributed by atoms with Gasteiger partial charge in [0.15, 0.2) is 0 Å². The van der Waals surface area contributed by atoms with Crippen LogP contribution >= 0.6 is 0 Å². The van der Waals surface area contributed by atoms with E-state index in [9.17, 15) is 4.79 Å². The number of nitrogens with one attached hydrogen (secondary N) is 1. The highest BCUT2D eigenvalue weighted by Crippen LogP contribution is 2.39. The minimum Gasteiger partial charge on any atom is -0.369 e. The maximum Gasteiger partial charge on any atom is 0.230 e. The van der Waals surface area contributed by atoms with Gasteiger partial charge >= 0.3 is 0 Å². The molecular weight excluding hydrogens is 240 g/mol. The second-order valence-corrected chi connectivity index (χ2v) is 5.53. The molecule has 1 fully saturated rings. The van der Waals surface area contributed by atoms with Crippen molar-refractivity contribution in [1.82, 2.24) is 14.9 Å². The van der Waals surface area contributed by atoms with Gasteiger partial charge in [0.1, 0.15) is 11.6 Å². The Labute approximate surface area is 114 Å². The maximum atomic E-state index is 12.4. The van der Waals surface area contributed by atoms with Crippen molar-refractivity contribution in [3.8, 4) is 0 Å². The number of aryl methyl sites for hydroxylation is 1. The van der Waals surface area contributed by atoms with Crippen molar-refractivity contribution < 1.29 is 4.79 Å². The summed E-state index contributed by atoms with van der Waals surface area (Å²) >= 11 is 0. The topological polar surface area (TPSA) is 58.1 Å². The first-order valence-electron chi connectivity index (χ1n) is 6.79. The number of carbonyl (C=O) groups is 1. The minimum atomic E-state index is -0.262. The molecule has 5 heteroatoms. The standard InChI is InChI=1S/C14H22N4O/c1-11-15-9-6-12(17-11)16-10-14(7-4-5-8-14)13(19)18(2)3/h6,9H,4-5,7-8,10H2,1-3H3,(H,15,16,17). The molecule has 0 unspecified atom stereocenters. The van der Waals surface area contributed by atoms with Gasteiger partial charge in [-0.15, -0.1) is 0 Å². The summed E-state index contributed by atoms with van der Waals surface area (Å²) in [6, 6.07) is 1.84. The number of amides is 1. The van der Waals surface area contributed by atoms with Crippen molar-refractivity contribution in [2.75, 3.05) is 26.0 Å². The van der Waals surface area contributed by atoms with Gasteiger partial charge in [-0.05, 0) is 25.8 Å². The Balaban J connectivity index is 2.08. The van der Waals surface area contributed by atoms with E-state index in [1.165, 1.54) is 0 Å². The Bertz CT molecular complexity index is 453. The second-order valence-electron chi connectivity index (χ2n) is 5.53. The van der Waals surface area contributed by atoms with E-state index in [4.69, 9.17) is 0 Å². The Morgan fingerprint density at radius 1 is 1.42 bits per heavy atom. The van der Waals surface area contributed by atoms with E-state index in [-0.39, 0.29) is 11.3 Å². The molecule has 19 heavy (non-hydrogen) atoms. The van der Waals surface area contributed by atoms with Gasteiger partial charge in [0.2, 0.25) is 5.91 Å². The fraction of sp³-hybridized carbons (Fsp3) is 0.643. The molecule has 1 N–H and O–H groups in total. The van der Waals surface area contributed by atoms with Crippen LogP contribution in [0.1, 0.15) is 31.5 Å². The van der Waals surface area contributed by atoms with Crippen molar-refractivity contribution in [2.45, 2.75) is 32.6 Å². The molecule has 0 aliphatic heterocycles. The molecule has 0 atom stereocenters. The molecule has 0 spiro atoms. The number of anilines is 1. The summed E-state index contributed by atoms with van der Waals surface area (Å²) < 4.78 is 0. The van der Waals surface area contributed by atoms with Crippen molar-refractivity contribution >= 4 is 11.7 Å². The smallest absolute Gasteiger partial charge is 0.230 e. The Morgan fingerprint density at radius 3 is 2.68 bits per heavy atom. The second kappa shape index (κ2) is 5.55. The number of aromatic nitrogens is 2. The largest absolute Gasteiger partial charge is 0.369 e. The van der Waals surface area contributed by atoms with Crippen LogP contribution in [0.2, 0.25) is 0 Å². The van der Waals surface area contributed by atoms with E-state index in [0.29, 0.717) is 6.54 Å². The lowest BCUT2D eigenvalue weighted by molar-refractivity contribution is -0.138. The van der Waals surface area contributed by atoms with Crippen LogP contribution in [0.3, 0.4) is 0 Å². The lowest BCUT2D eigenvalue weighted by atomic mass is 9.84. The molecule has 1 heterocycles. The quantitative estimate of drug-likeness (QED) is 0.899. The SMILES string of the molecule is Cc1nccc(NCC2(C(=O)N(C)C)CCCC2)n1. The first-order valence-corrected chi connectivity index (χ1v) is 6.79. The first-order chi connectivity index (χ1) is 9.03. The Kier molecular flexibility index (Phi) is 4.02. The summed E-state index contributed by atoms with van der Waals surface area (Å²) in [5.41, 5.74) is -0.262. The van der Waals surface area contributed by atoms with E-state index >= 15 is 0 Å². The number of hydrogen-bond donors (Lipinski definition) is 1. The Morgan fingerprint density at radius 2 is 2.11 bits per heavy atom. The number of rotatable bonds is 4. The van der Waals surface area contributed by atoms with E-state index < -0.39 is 0 Å². The average molecular weight is 262 g/mol. The molecule has 1 amide bonds. The molecule has 0 bridgehead atoms. The van der Waals surface area contributed by atoms with Gasteiger partial charge < -0.3 is 10.2 Å². The molecule has 1 saturated carbocycles. The molecule has 104 valence electrons. The zero-order chi connectivity index (χ0) is 13.9. The first kappa shape index (κ1) is 13.8. The van der Waals surface area contributed by atoms with Gasteiger partial charge in [-0.2, -0.15) is 0 Å². The molecule has 0 saturated heterocycles. The van der Waals surface area contributed by atoms with E-state index in [1.807, 2.05) is 27.1 Å². The monoisotopic (exact) mass is 262 g/mol. The summed E-state index contributed by atoms with van der Waals surface area (Å²) in [6.45, 7) is 2.52. The number of nitrogens with zero attached hydrogens (tertiary/aromatic N) is 3. The predicted octanol–water partition coefficient (Wildman–Crippen LogP) is 1.85. The van der Waals surface area contributed by atoms with Gasteiger partial charge in [-0.1, -0.05) is 12.8 Å². The van der Waals surface area contributed by atoms with Gasteiger partial charge in [0.05, 0.1) is 5.41 Å². The zero-order valence-electron chi connectivity index (χ0n) is 11.9. The van der Waals surface area contributed by atoms with Crippen LogP contribution in [0, 0.1) is 12.3 Å². The van der Waals surface area contributed by atoms with Crippen LogP contribution < -0.4 is 5.32 Å². The van der Waals surface area contributed by atoms with Crippen LogP contribution in [0.15, 0.2) is 12.3 Å². The lowest BCUT2D eigenvalue weighted by Gasteiger charge is -2.31. The molecule has 5 nitrogen and oxygen atoms in total. The summed E-state index contributed by atoms with van der Waals surface area (Å²) in [5.74, 6) is 1.76. The lowest BCUT2D eigenvalue weighted by Crippen LogP contribution is -2.43. The van der Waals surface area contributed by atoms with Crippen LogP contribution in [-0.4, -0.2) is 41.4 Å². The van der Waals surface area contributed by atoms with Crippen molar-refractivity contribution in [2.24, 2.45) is 5.41 Å². The van der Waals surface area contributed by atoms with Crippen LogP contribution in [0.4, 0.5) is 5.82 Å². The summed E-state index contributed by atoms with van der Waals surface area (Å²) in [5, 5.41) is 3.31. The third-order valence-corrected chi connectivity index (χ3v) is 3.80. The van der Waals surface area contributed by atoms with Gasteiger partial charge in [0.25, 0.3) is 0 Å². The Hall–Kier alpha value is -1.65. The molecule has 2 rings (SSSR count). The summed E-state index contributed by atoms with van der Waals surface area (Å²) in [4.78, 5) is 22.5. The predicted molar refractivity (Wildman–Crippen MR) is 74.9 cm³/mol. The maximum absolute atomic E-state index is 12.4. The molecule has 1 aromatic heterocycles. The molecule has 1 aliphatic carbocycles. The molecule has 1 aromatic rings. The highest BCUT2D eigenvalue weighted by molar-refractivity contribution is 5.83. The fourth-order valence-electron chi connectivity index (χ4n) is 2.81. The summed E-state index contributed by atoms with van der Waals surface area (Å²) in [7, 11) is 3.66. The third kappa shape index (κ3) is 3.03. The van der Waals surface area contributed by atoms with Gasteiger partial charge in [-0.25, -0.2) is 9.97 Å². The highest BCUT2D eigenvalue weighted by Gasteiger charge is 2.41. The highest BCUT2D eigenvalue weighted by atomic mass is 16.2. The van der Waals surface area contributed by atoms with Crippen LogP contribution in [0.25, 0.3) is 0 Å². The molecular formula is C14H22N4O. The summed E-state index contributed by atoms with van der Waals surface area (Å²) in [6.07, 6.45) is 5.91. The van der Waals surface area contributed by atoms with E-state index in [1.54, 1.807) is 11.1 Å². The van der Waals surface area contributed by atoms with E-state index in [2.05, 4.69) is 15.3 Å². The van der Waals surface area contributed by atoms with Crippen molar-refractivity contribution in [3.63, 3.8) is 0 Å². The number of carbonyl (C=O) groups excluding carboxylic acids is 1. The molecule has 0 aromatic carbocycles. The fourth-order valence-corrected chi connectivity index (χ4v) is 2.81. The molecule has 1 aliphatic rings. The zero-order valence-corrected chi connectivity index (χ0v) is 11.9. The van der Waals surface area contributed by atoms with Gasteiger partial charge in [0, 0.05) is 26.8 Å². The minimum absolute atomic E-state index is 0.225. The van der Waals surface area contributed by atoms with Crippen LogP contribution in [-0.2, 0) is 4.79 Å². The van der Waals surface area contributed by atoms with Gasteiger partial charge in [-0.3, -0.25) is 4.79 Å². The number of hydrogen-bond acceptors (Lipinski definition) is 4. The molecule has 0 radical (unpaired) electrons. The van der Waals surface area contributed by atoms with Crippen molar-refractivity contribution in [3.05, 3.63) is 18.1 Å². The average Bonchev–Trinajstić information content (AvgIpc) is 2.85. The van der Waals surface area contributed by atoms with E-state index in [0.717, 1.165) is 37.3 Å². The normalized spacial score (nSPS) is 17.2. The van der Waals surface area contributed by atoms with Crippen LogP contribution in [0.5, 0.6) is 0 Å². The van der Waals surface area contributed by atoms with Crippen molar-refractivity contribution in [1.29, 1.82) is 0 Å².